The summed E-state index contributed by atoms with van der Waals surface area (Å²) in [6.07, 6.45) is 3.97. The van der Waals surface area contributed by atoms with E-state index in [9.17, 15) is 4.79 Å². The summed E-state index contributed by atoms with van der Waals surface area (Å²) in [6, 6.07) is 0. The van der Waals surface area contributed by atoms with Crippen LogP contribution >= 0.6 is 0 Å². The normalized spacial score (nSPS) is 26.9. The van der Waals surface area contributed by atoms with Gasteiger partial charge in [0, 0.05) is 20.3 Å². The zero-order valence-corrected chi connectivity index (χ0v) is 11.9. The van der Waals surface area contributed by atoms with Gasteiger partial charge in [-0.2, -0.15) is 0 Å². The molecule has 0 aromatic rings. The molecule has 0 radical (unpaired) electrons. The van der Waals surface area contributed by atoms with Gasteiger partial charge in [-0.3, -0.25) is 4.79 Å². The third-order valence-corrected chi connectivity index (χ3v) is 4.27. The second-order valence-electron chi connectivity index (χ2n) is 5.76. The molecule has 2 fully saturated rings. The maximum atomic E-state index is 12.5. The van der Waals surface area contributed by atoms with E-state index in [0.717, 1.165) is 58.5 Å². The highest BCUT2D eigenvalue weighted by molar-refractivity contribution is 5.83. The van der Waals surface area contributed by atoms with Gasteiger partial charge < -0.3 is 20.1 Å². The molecule has 2 heterocycles. The Balaban J connectivity index is 1.84. The minimum Gasteiger partial charge on any atom is -0.384 e. The van der Waals surface area contributed by atoms with Crippen LogP contribution in [-0.4, -0.2) is 52.5 Å². The van der Waals surface area contributed by atoms with Gasteiger partial charge in [0.25, 0.3) is 0 Å². The lowest BCUT2D eigenvalue weighted by atomic mass is 9.78. The van der Waals surface area contributed by atoms with E-state index >= 15 is 0 Å². The summed E-state index contributed by atoms with van der Waals surface area (Å²) >= 11 is 0. The molecule has 5 heteroatoms. The van der Waals surface area contributed by atoms with E-state index in [1.807, 2.05) is 0 Å². The molecule has 0 saturated carbocycles. The summed E-state index contributed by atoms with van der Waals surface area (Å²) in [5.74, 6) is 0.625. The van der Waals surface area contributed by atoms with Gasteiger partial charge in [-0.05, 0) is 44.7 Å². The fourth-order valence-corrected chi connectivity index (χ4v) is 3.01. The summed E-state index contributed by atoms with van der Waals surface area (Å²) < 4.78 is 10.7. The van der Waals surface area contributed by atoms with Crippen molar-refractivity contribution >= 4 is 5.91 Å². The lowest BCUT2D eigenvalue weighted by molar-refractivity contribution is -0.136. The monoisotopic (exact) mass is 270 g/mol. The Morgan fingerprint density at radius 1 is 1.47 bits per heavy atom. The highest BCUT2D eigenvalue weighted by Gasteiger charge is 2.39. The van der Waals surface area contributed by atoms with Gasteiger partial charge in [0.2, 0.25) is 5.91 Å². The molecule has 0 bridgehead atoms. The molecule has 0 aromatic carbocycles. The van der Waals surface area contributed by atoms with Crippen LogP contribution in [0.3, 0.4) is 0 Å². The first-order valence-corrected chi connectivity index (χ1v) is 7.32. The van der Waals surface area contributed by atoms with Crippen LogP contribution in [0.25, 0.3) is 0 Å². The van der Waals surface area contributed by atoms with Crippen molar-refractivity contribution in [1.82, 2.24) is 10.6 Å². The molecular weight excluding hydrogens is 244 g/mol. The predicted molar refractivity (Wildman–Crippen MR) is 73.0 cm³/mol. The lowest BCUT2D eigenvalue weighted by Gasteiger charge is -2.36. The van der Waals surface area contributed by atoms with Crippen molar-refractivity contribution in [2.75, 3.05) is 46.6 Å². The number of amides is 1. The van der Waals surface area contributed by atoms with Crippen LogP contribution in [0.1, 0.15) is 25.7 Å². The average Bonchev–Trinajstić information content (AvgIpc) is 2.47. The molecule has 2 N–H and O–H groups in total. The summed E-state index contributed by atoms with van der Waals surface area (Å²) in [5.41, 5.74) is -0.338. The van der Waals surface area contributed by atoms with Gasteiger partial charge in [-0.1, -0.05) is 0 Å². The molecule has 0 aromatic heterocycles. The number of carbonyl (C=O) groups is 1. The molecule has 1 unspecified atom stereocenters. The molecule has 1 amide bonds. The van der Waals surface area contributed by atoms with Gasteiger partial charge in [0.05, 0.1) is 18.6 Å². The number of ether oxygens (including phenoxy) is 2. The van der Waals surface area contributed by atoms with Crippen LogP contribution in [0.2, 0.25) is 0 Å². The van der Waals surface area contributed by atoms with E-state index in [2.05, 4.69) is 10.6 Å². The van der Waals surface area contributed by atoms with Gasteiger partial charge in [0.15, 0.2) is 0 Å². The maximum absolute atomic E-state index is 12.5. The Kier molecular flexibility index (Phi) is 5.60. The van der Waals surface area contributed by atoms with Crippen LogP contribution in [0.4, 0.5) is 0 Å². The number of rotatable bonds is 5. The maximum Gasteiger partial charge on any atom is 0.228 e. The van der Waals surface area contributed by atoms with E-state index in [4.69, 9.17) is 9.47 Å². The van der Waals surface area contributed by atoms with E-state index in [1.54, 1.807) is 7.11 Å². The Morgan fingerprint density at radius 3 is 2.89 bits per heavy atom. The molecule has 0 aliphatic carbocycles. The number of nitrogens with one attached hydrogen (secondary N) is 2. The summed E-state index contributed by atoms with van der Waals surface area (Å²) in [7, 11) is 1.67. The van der Waals surface area contributed by atoms with Crippen LogP contribution in [0.15, 0.2) is 0 Å². The van der Waals surface area contributed by atoms with E-state index in [0.29, 0.717) is 12.5 Å². The SMILES string of the molecule is COCC1(C(=O)NCC2CCCOC2)CCNCC1. The van der Waals surface area contributed by atoms with Crippen molar-refractivity contribution in [1.29, 1.82) is 0 Å². The molecule has 2 rings (SSSR count). The molecule has 2 saturated heterocycles. The second-order valence-corrected chi connectivity index (χ2v) is 5.76. The largest absolute Gasteiger partial charge is 0.384 e. The van der Waals surface area contributed by atoms with Gasteiger partial charge in [-0.15, -0.1) is 0 Å². The zero-order valence-electron chi connectivity index (χ0n) is 11.9. The molecule has 5 nitrogen and oxygen atoms in total. The number of piperidine rings is 1. The molecule has 0 spiro atoms. The van der Waals surface area contributed by atoms with E-state index < -0.39 is 0 Å². The highest BCUT2D eigenvalue weighted by atomic mass is 16.5. The fraction of sp³-hybridized carbons (Fsp3) is 0.929. The quantitative estimate of drug-likeness (QED) is 0.766. The molecule has 2 aliphatic heterocycles. The molecular formula is C14H26N2O3. The van der Waals surface area contributed by atoms with Crippen molar-refractivity contribution in [3.8, 4) is 0 Å². The first kappa shape index (κ1) is 14.8. The molecule has 2 aliphatic rings. The van der Waals surface area contributed by atoms with E-state index in [-0.39, 0.29) is 11.3 Å². The number of carbonyl (C=O) groups excluding carboxylic acids is 1. The third-order valence-electron chi connectivity index (χ3n) is 4.27. The van der Waals surface area contributed by atoms with Crippen molar-refractivity contribution in [2.45, 2.75) is 25.7 Å². The van der Waals surface area contributed by atoms with Crippen LogP contribution in [0.5, 0.6) is 0 Å². The predicted octanol–water partition coefficient (Wildman–Crippen LogP) is 0.545. The van der Waals surface area contributed by atoms with Gasteiger partial charge in [-0.25, -0.2) is 0 Å². The van der Waals surface area contributed by atoms with Crippen LogP contribution < -0.4 is 10.6 Å². The summed E-state index contributed by atoms with van der Waals surface area (Å²) in [6.45, 7) is 4.68. The third kappa shape index (κ3) is 3.91. The van der Waals surface area contributed by atoms with E-state index in [1.165, 1.54) is 0 Å². The molecule has 19 heavy (non-hydrogen) atoms. The first-order valence-electron chi connectivity index (χ1n) is 7.32. The Labute approximate surface area is 115 Å². The molecule has 1 atom stereocenters. The Bertz CT molecular complexity index is 279. The number of methoxy groups -OCH3 is 1. The van der Waals surface area contributed by atoms with Crippen molar-refractivity contribution in [3.05, 3.63) is 0 Å². The fourth-order valence-electron chi connectivity index (χ4n) is 3.01. The smallest absolute Gasteiger partial charge is 0.228 e. The second kappa shape index (κ2) is 7.22. The lowest BCUT2D eigenvalue weighted by Crippen LogP contribution is -2.51. The van der Waals surface area contributed by atoms with Crippen LogP contribution in [0, 0.1) is 11.3 Å². The van der Waals surface area contributed by atoms with Crippen molar-refractivity contribution < 1.29 is 14.3 Å². The van der Waals surface area contributed by atoms with Crippen LogP contribution in [-0.2, 0) is 14.3 Å². The van der Waals surface area contributed by atoms with Crippen molar-refractivity contribution in [2.24, 2.45) is 11.3 Å². The zero-order chi connectivity index (χ0) is 13.6. The Hall–Kier alpha value is -0.650. The standard InChI is InChI=1S/C14H26N2O3/c1-18-11-14(4-6-15-7-5-14)13(17)16-9-12-3-2-8-19-10-12/h12,15H,2-11H2,1H3,(H,16,17). The number of hydrogen-bond acceptors (Lipinski definition) is 4. The highest BCUT2D eigenvalue weighted by Crippen LogP contribution is 2.29. The average molecular weight is 270 g/mol. The minimum absolute atomic E-state index is 0.154. The number of hydrogen-bond donors (Lipinski definition) is 2. The van der Waals surface area contributed by atoms with Gasteiger partial charge in [0.1, 0.15) is 0 Å². The Morgan fingerprint density at radius 2 is 2.26 bits per heavy atom. The van der Waals surface area contributed by atoms with Gasteiger partial charge >= 0.3 is 0 Å². The summed E-state index contributed by atoms with van der Waals surface area (Å²) in [4.78, 5) is 12.5. The topological polar surface area (TPSA) is 59.6 Å². The molecule has 110 valence electrons. The van der Waals surface area contributed by atoms with Crippen molar-refractivity contribution in [3.63, 3.8) is 0 Å². The first-order chi connectivity index (χ1) is 9.27. The minimum atomic E-state index is -0.338. The summed E-state index contributed by atoms with van der Waals surface area (Å²) in [5, 5.41) is 6.42.